The second-order valence-electron chi connectivity index (χ2n) is 6.65. The van der Waals surface area contributed by atoms with E-state index in [2.05, 4.69) is 29.2 Å². The van der Waals surface area contributed by atoms with Gasteiger partial charge >= 0.3 is 0 Å². The first-order chi connectivity index (χ1) is 10.3. The molecule has 2 atom stereocenters. The molecular formula is C18H28N2O. The number of ether oxygens (including phenoxy) is 1. The van der Waals surface area contributed by atoms with Gasteiger partial charge in [-0.1, -0.05) is 24.3 Å². The fourth-order valence-electron chi connectivity index (χ4n) is 3.66. The van der Waals surface area contributed by atoms with E-state index in [-0.39, 0.29) is 0 Å². The lowest BCUT2D eigenvalue weighted by molar-refractivity contribution is 0.0697. The van der Waals surface area contributed by atoms with E-state index in [9.17, 15) is 0 Å². The van der Waals surface area contributed by atoms with E-state index in [0.29, 0.717) is 18.5 Å². The van der Waals surface area contributed by atoms with Crippen LogP contribution in [0.4, 0.5) is 0 Å². The van der Waals surface area contributed by atoms with Gasteiger partial charge in [-0.05, 0) is 55.2 Å². The zero-order chi connectivity index (χ0) is 14.7. The zero-order valence-electron chi connectivity index (χ0n) is 13.1. The van der Waals surface area contributed by atoms with Gasteiger partial charge in [0.05, 0.1) is 6.61 Å². The molecule has 1 aromatic carbocycles. The summed E-state index contributed by atoms with van der Waals surface area (Å²) in [5.41, 5.74) is 8.97. The maximum absolute atomic E-state index is 6.09. The molecule has 0 amide bonds. The van der Waals surface area contributed by atoms with Crippen LogP contribution >= 0.6 is 0 Å². The molecule has 0 aromatic heterocycles. The summed E-state index contributed by atoms with van der Waals surface area (Å²) in [6.07, 6.45) is 5.27. The molecule has 1 saturated heterocycles. The van der Waals surface area contributed by atoms with Gasteiger partial charge < -0.3 is 10.5 Å². The third kappa shape index (κ3) is 3.65. The number of methoxy groups -OCH3 is 1. The van der Waals surface area contributed by atoms with Crippen molar-refractivity contribution in [3.8, 4) is 0 Å². The van der Waals surface area contributed by atoms with Gasteiger partial charge in [0.25, 0.3) is 0 Å². The molecule has 1 heterocycles. The van der Waals surface area contributed by atoms with Crippen molar-refractivity contribution in [2.45, 2.75) is 37.6 Å². The second-order valence-corrected chi connectivity index (χ2v) is 6.65. The van der Waals surface area contributed by atoms with Gasteiger partial charge in [0, 0.05) is 26.2 Å². The molecule has 3 nitrogen and oxygen atoms in total. The molecule has 1 saturated carbocycles. The number of benzene rings is 1. The minimum atomic E-state index is 0.359. The Morgan fingerprint density at radius 2 is 2.00 bits per heavy atom. The average molecular weight is 288 g/mol. The van der Waals surface area contributed by atoms with Gasteiger partial charge in [0.2, 0.25) is 0 Å². The van der Waals surface area contributed by atoms with Crippen LogP contribution in [0.15, 0.2) is 24.3 Å². The molecular weight excluding hydrogens is 260 g/mol. The number of hydrogen-bond acceptors (Lipinski definition) is 3. The minimum Gasteiger partial charge on any atom is -0.384 e. The monoisotopic (exact) mass is 288 g/mol. The van der Waals surface area contributed by atoms with Gasteiger partial charge in [-0.3, -0.25) is 4.90 Å². The van der Waals surface area contributed by atoms with Crippen LogP contribution in [0.1, 0.15) is 48.8 Å². The predicted molar refractivity (Wildman–Crippen MR) is 86.4 cm³/mol. The van der Waals surface area contributed by atoms with E-state index in [0.717, 1.165) is 25.6 Å². The highest BCUT2D eigenvalue weighted by Crippen LogP contribution is 2.40. The number of piperidine rings is 1. The minimum absolute atomic E-state index is 0.359. The van der Waals surface area contributed by atoms with Gasteiger partial charge in [0.15, 0.2) is 0 Å². The normalized spacial score (nSPS) is 25.0. The number of likely N-dealkylation sites (tertiary alicyclic amines) is 1. The summed E-state index contributed by atoms with van der Waals surface area (Å²) < 4.78 is 5.34. The van der Waals surface area contributed by atoms with Gasteiger partial charge in [-0.2, -0.15) is 0 Å². The van der Waals surface area contributed by atoms with E-state index < -0.39 is 0 Å². The molecule has 3 heteroatoms. The van der Waals surface area contributed by atoms with E-state index in [1.54, 1.807) is 7.11 Å². The Hall–Kier alpha value is -0.900. The molecule has 0 radical (unpaired) electrons. The number of rotatable bonds is 6. The number of nitrogens with two attached hydrogens (primary N) is 1. The number of nitrogens with zero attached hydrogens (tertiary/aromatic N) is 1. The van der Waals surface area contributed by atoms with Crippen LogP contribution in [-0.4, -0.2) is 38.3 Å². The summed E-state index contributed by atoms with van der Waals surface area (Å²) in [4.78, 5) is 2.55. The van der Waals surface area contributed by atoms with Crippen molar-refractivity contribution in [3.63, 3.8) is 0 Å². The average Bonchev–Trinajstić information content (AvgIpc) is 3.34. The van der Waals surface area contributed by atoms with Gasteiger partial charge in [-0.15, -0.1) is 0 Å². The van der Waals surface area contributed by atoms with E-state index in [1.807, 2.05) is 0 Å². The first-order valence-electron chi connectivity index (χ1n) is 8.34. The van der Waals surface area contributed by atoms with Crippen LogP contribution in [0.2, 0.25) is 0 Å². The van der Waals surface area contributed by atoms with Crippen LogP contribution in [0, 0.1) is 5.92 Å². The fraction of sp³-hybridized carbons (Fsp3) is 0.667. The largest absolute Gasteiger partial charge is 0.384 e. The highest BCUT2D eigenvalue weighted by Gasteiger charge is 2.27. The van der Waals surface area contributed by atoms with Crippen molar-refractivity contribution in [2.75, 3.05) is 33.4 Å². The molecule has 1 aromatic rings. The lowest BCUT2D eigenvalue weighted by Crippen LogP contribution is -2.42. The number of hydrogen-bond donors (Lipinski definition) is 1. The molecule has 2 aliphatic rings. The van der Waals surface area contributed by atoms with E-state index in [1.165, 1.54) is 36.8 Å². The van der Waals surface area contributed by atoms with E-state index >= 15 is 0 Å². The maximum Gasteiger partial charge on any atom is 0.0502 e. The molecule has 1 aliphatic carbocycles. The molecule has 116 valence electrons. The first kappa shape index (κ1) is 15.0. The van der Waals surface area contributed by atoms with Crippen LogP contribution < -0.4 is 5.73 Å². The Kier molecular flexibility index (Phi) is 4.94. The summed E-state index contributed by atoms with van der Waals surface area (Å²) in [6, 6.07) is 9.58. The summed E-state index contributed by atoms with van der Waals surface area (Å²) in [5.74, 6) is 1.49. The highest BCUT2D eigenvalue weighted by molar-refractivity contribution is 5.30. The third-order valence-corrected chi connectivity index (χ3v) is 4.99. The van der Waals surface area contributed by atoms with Crippen molar-refractivity contribution in [3.05, 3.63) is 35.4 Å². The van der Waals surface area contributed by atoms with Crippen molar-refractivity contribution in [1.29, 1.82) is 0 Å². The zero-order valence-corrected chi connectivity index (χ0v) is 13.1. The predicted octanol–water partition coefficient (Wildman–Crippen LogP) is 2.92. The van der Waals surface area contributed by atoms with Crippen LogP contribution in [0.25, 0.3) is 0 Å². The smallest absolute Gasteiger partial charge is 0.0502 e. The summed E-state index contributed by atoms with van der Waals surface area (Å²) >= 11 is 0. The van der Waals surface area contributed by atoms with Crippen molar-refractivity contribution in [2.24, 2.45) is 11.7 Å². The summed E-state index contributed by atoms with van der Waals surface area (Å²) in [6.45, 7) is 3.84. The molecule has 0 spiro atoms. The fourth-order valence-corrected chi connectivity index (χ4v) is 3.66. The van der Waals surface area contributed by atoms with Crippen LogP contribution in [-0.2, 0) is 4.74 Å². The Bertz CT molecular complexity index is 439. The second kappa shape index (κ2) is 6.91. The first-order valence-corrected chi connectivity index (χ1v) is 8.34. The van der Waals surface area contributed by atoms with Gasteiger partial charge in [-0.25, -0.2) is 0 Å². The van der Waals surface area contributed by atoms with Crippen molar-refractivity contribution >= 4 is 0 Å². The summed E-state index contributed by atoms with van der Waals surface area (Å²) in [5, 5.41) is 0. The lowest BCUT2D eigenvalue weighted by atomic mass is 9.94. The lowest BCUT2D eigenvalue weighted by Gasteiger charge is -2.38. The SMILES string of the molecule is COCC1CCCN(C(CN)c2ccc(C3CC3)cc2)C1. The van der Waals surface area contributed by atoms with Gasteiger partial charge in [0.1, 0.15) is 0 Å². The Morgan fingerprint density at radius 1 is 1.24 bits per heavy atom. The quantitative estimate of drug-likeness (QED) is 0.874. The topological polar surface area (TPSA) is 38.5 Å². The molecule has 1 aliphatic heterocycles. The van der Waals surface area contributed by atoms with E-state index in [4.69, 9.17) is 10.5 Å². The molecule has 2 N–H and O–H groups in total. The molecule has 3 rings (SSSR count). The molecule has 2 unspecified atom stereocenters. The van der Waals surface area contributed by atoms with Crippen LogP contribution in [0.5, 0.6) is 0 Å². The Labute approximate surface area is 128 Å². The Balaban J connectivity index is 1.68. The molecule has 2 fully saturated rings. The standard InChI is InChI=1S/C18H28N2O/c1-21-13-14-3-2-10-20(12-14)18(11-19)17-8-6-16(7-9-17)15-4-5-15/h6-9,14-15,18H,2-5,10-13,19H2,1H3. The molecule has 0 bridgehead atoms. The molecule has 21 heavy (non-hydrogen) atoms. The van der Waals surface area contributed by atoms with Crippen molar-refractivity contribution < 1.29 is 4.74 Å². The summed E-state index contributed by atoms with van der Waals surface area (Å²) in [7, 11) is 1.80. The van der Waals surface area contributed by atoms with Crippen LogP contribution in [0.3, 0.4) is 0 Å². The van der Waals surface area contributed by atoms with Crippen molar-refractivity contribution in [1.82, 2.24) is 4.90 Å². The maximum atomic E-state index is 6.09. The Morgan fingerprint density at radius 3 is 2.62 bits per heavy atom. The highest BCUT2D eigenvalue weighted by atomic mass is 16.5. The third-order valence-electron chi connectivity index (χ3n) is 4.99.